The summed E-state index contributed by atoms with van der Waals surface area (Å²) in [6.45, 7) is 3.24. The van der Waals surface area contributed by atoms with Crippen molar-refractivity contribution >= 4 is 27.5 Å². The van der Waals surface area contributed by atoms with Crippen LogP contribution in [0.5, 0.6) is 0 Å². The van der Waals surface area contributed by atoms with E-state index in [0.717, 1.165) is 0 Å². The van der Waals surface area contributed by atoms with Crippen molar-refractivity contribution in [1.29, 1.82) is 0 Å². The Hall–Kier alpha value is -2.67. The second kappa shape index (κ2) is 9.90. The Morgan fingerprint density at radius 2 is 2.03 bits per heavy atom. The van der Waals surface area contributed by atoms with Crippen LogP contribution in [0, 0.1) is 0 Å². The number of aromatic nitrogens is 3. The lowest BCUT2D eigenvalue weighted by Crippen LogP contribution is -2.55. The summed E-state index contributed by atoms with van der Waals surface area (Å²) in [6.07, 6.45) is -1.50. The number of nitrogens with zero attached hydrogens (tertiary/aromatic N) is 6. The van der Waals surface area contributed by atoms with E-state index >= 15 is 0 Å². The smallest absolute Gasteiger partial charge is 0.314 e. The van der Waals surface area contributed by atoms with Crippen LogP contribution in [-0.4, -0.2) is 65.5 Å². The predicted octanol–water partition coefficient (Wildman–Crippen LogP) is 3.61. The molecule has 3 heterocycles. The molecule has 0 aliphatic carbocycles. The molecule has 182 valence electrons. The molecule has 0 unspecified atom stereocenters. The number of likely N-dealkylation sites (N-methyl/N-ethyl adjacent to an activating group) is 1. The average Bonchev–Trinajstić information content (AvgIpc) is 3.30. The molecule has 3 aromatic rings. The Bertz CT molecular complexity index is 1240. The molecule has 0 N–H and O–H groups in total. The molecule has 1 saturated heterocycles. The maximum absolute atomic E-state index is 13.7. The van der Waals surface area contributed by atoms with Gasteiger partial charge in [-0.15, -0.1) is 10.2 Å². The largest absolute Gasteiger partial charge is 0.415 e. The summed E-state index contributed by atoms with van der Waals surface area (Å²) in [4.78, 5) is 6.41. The molecule has 4 rings (SSSR count). The van der Waals surface area contributed by atoms with Crippen LogP contribution in [0.4, 0.5) is 14.5 Å². The van der Waals surface area contributed by atoms with E-state index in [2.05, 4.69) is 20.1 Å². The third-order valence-corrected chi connectivity index (χ3v) is 7.74. The molecule has 1 atom stereocenters. The van der Waals surface area contributed by atoms with Gasteiger partial charge in [0.15, 0.2) is 0 Å². The van der Waals surface area contributed by atoms with E-state index in [-0.39, 0.29) is 18.5 Å². The molecule has 1 fully saturated rings. The minimum atomic E-state index is -3.90. The number of rotatable bonds is 7. The first-order valence-corrected chi connectivity index (χ1v) is 12.2. The minimum Gasteiger partial charge on any atom is -0.415 e. The van der Waals surface area contributed by atoms with Crippen LogP contribution >= 0.6 is 11.6 Å². The molecule has 1 aliphatic rings. The molecule has 0 amide bonds. The van der Waals surface area contributed by atoms with Crippen LogP contribution in [0.2, 0.25) is 5.02 Å². The van der Waals surface area contributed by atoms with Gasteiger partial charge in [-0.1, -0.05) is 17.7 Å². The molecular weight excluding hydrogens is 490 g/mol. The van der Waals surface area contributed by atoms with Gasteiger partial charge < -0.3 is 9.32 Å². The fourth-order valence-corrected chi connectivity index (χ4v) is 5.39. The quantitative estimate of drug-likeness (QED) is 0.477. The number of alkyl halides is 2. The van der Waals surface area contributed by atoms with Crippen molar-refractivity contribution in [2.24, 2.45) is 0 Å². The molecule has 2 aromatic heterocycles. The van der Waals surface area contributed by atoms with Crippen molar-refractivity contribution in [1.82, 2.24) is 24.4 Å². The van der Waals surface area contributed by atoms with Crippen molar-refractivity contribution < 1.29 is 21.6 Å². The first-order chi connectivity index (χ1) is 16.1. The Morgan fingerprint density at radius 3 is 2.65 bits per heavy atom. The first-order valence-electron chi connectivity index (χ1n) is 10.5. The van der Waals surface area contributed by atoms with E-state index in [1.807, 2.05) is 14.0 Å². The molecule has 0 saturated carbocycles. The molecule has 0 radical (unpaired) electrons. The van der Waals surface area contributed by atoms with Crippen LogP contribution in [0.1, 0.15) is 24.9 Å². The third kappa shape index (κ3) is 5.19. The van der Waals surface area contributed by atoms with E-state index in [9.17, 15) is 17.2 Å². The van der Waals surface area contributed by atoms with E-state index in [0.29, 0.717) is 41.6 Å². The van der Waals surface area contributed by atoms with E-state index in [4.69, 9.17) is 16.0 Å². The van der Waals surface area contributed by atoms with Gasteiger partial charge in [-0.2, -0.15) is 21.5 Å². The van der Waals surface area contributed by atoms with Crippen LogP contribution in [0.25, 0.3) is 11.5 Å². The number of halogens is 3. The zero-order chi connectivity index (χ0) is 24.5. The molecular formula is C21H23ClF2N6O3S. The molecule has 1 aromatic carbocycles. The van der Waals surface area contributed by atoms with Crippen molar-refractivity contribution in [2.45, 2.75) is 25.9 Å². The lowest BCUT2D eigenvalue weighted by Gasteiger charge is -2.39. The van der Waals surface area contributed by atoms with Crippen LogP contribution in [0.3, 0.4) is 0 Å². The van der Waals surface area contributed by atoms with Gasteiger partial charge in [-0.3, -0.25) is 9.29 Å². The maximum atomic E-state index is 13.7. The highest BCUT2D eigenvalue weighted by atomic mass is 35.5. The Labute approximate surface area is 201 Å². The van der Waals surface area contributed by atoms with Crippen molar-refractivity contribution in [3.05, 3.63) is 59.2 Å². The Morgan fingerprint density at radius 1 is 1.24 bits per heavy atom. The fraction of sp³-hybridized carbons (Fsp3) is 0.381. The molecule has 34 heavy (non-hydrogen) atoms. The van der Waals surface area contributed by atoms with Crippen LogP contribution in [-0.2, 0) is 16.8 Å². The molecule has 0 spiro atoms. The van der Waals surface area contributed by atoms with Crippen LogP contribution < -0.4 is 4.31 Å². The Balaban J connectivity index is 1.62. The van der Waals surface area contributed by atoms with Crippen molar-refractivity contribution in [3.63, 3.8) is 0 Å². The minimum absolute atomic E-state index is 0.0597. The number of anilines is 1. The summed E-state index contributed by atoms with van der Waals surface area (Å²) in [5.41, 5.74) is 1.18. The second-order valence-electron chi connectivity index (χ2n) is 7.97. The molecule has 0 bridgehead atoms. The monoisotopic (exact) mass is 512 g/mol. The van der Waals surface area contributed by atoms with Gasteiger partial charge in [0.1, 0.15) is 0 Å². The lowest BCUT2D eigenvalue weighted by molar-refractivity contribution is 0.116. The summed E-state index contributed by atoms with van der Waals surface area (Å²) in [6, 6.07) is 9.80. The average molecular weight is 513 g/mol. The van der Waals surface area contributed by atoms with Crippen LogP contribution in [0.15, 0.2) is 47.0 Å². The van der Waals surface area contributed by atoms with Gasteiger partial charge in [0.2, 0.25) is 5.89 Å². The van der Waals surface area contributed by atoms with Gasteiger partial charge in [0.05, 0.1) is 23.5 Å². The number of hydrogen-bond donors (Lipinski definition) is 0. The normalized spacial score (nSPS) is 17.9. The van der Waals surface area contributed by atoms with Gasteiger partial charge in [0.25, 0.3) is 5.89 Å². The van der Waals surface area contributed by atoms with Gasteiger partial charge in [-0.25, -0.2) is 0 Å². The van der Waals surface area contributed by atoms with Crippen molar-refractivity contribution in [2.75, 3.05) is 31.0 Å². The number of pyridine rings is 1. The molecule has 9 nitrogen and oxygen atoms in total. The number of hydrogen-bond acceptors (Lipinski definition) is 7. The zero-order valence-corrected chi connectivity index (χ0v) is 20.0. The number of piperazine rings is 1. The highest BCUT2D eigenvalue weighted by Crippen LogP contribution is 2.28. The van der Waals surface area contributed by atoms with Gasteiger partial charge in [-0.05, 0) is 44.3 Å². The lowest BCUT2D eigenvalue weighted by atomic mass is 10.2. The second-order valence-corrected chi connectivity index (χ2v) is 10.3. The summed E-state index contributed by atoms with van der Waals surface area (Å²) in [7, 11) is -1.94. The summed E-state index contributed by atoms with van der Waals surface area (Å²) in [5, 5.41) is 7.31. The topological polar surface area (TPSA) is 95.7 Å². The maximum Gasteiger partial charge on any atom is 0.314 e. The van der Waals surface area contributed by atoms with E-state index in [1.165, 1.54) is 14.8 Å². The fourth-order valence-electron chi connectivity index (χ4n) is 3.53. The van der Waals surface area contributed by atoms with Gasteiger partial charge >= 0.3 is 16.6 Å². The first kappa shape index (κ1) is 24.5. The van der Waals surface area contributed by atoms with Crippen molar-refractivity contribution in [3.8, 4) is 11.5 Å². The van der Waals surface area contributed by atoms with Gasteiger partial charge in [0, 0.05) is 36.9 Å². The van der Waals surface area contributed by atoms with E-state index in [1.54, 1.807) is 36.4 Å². The summed E-state index contributed by atoms with van der Waals surface area (Å²) < 4.78 is 60.4. The summed E-state index contributed by atoms with van der Waals surface area (Å²) in [5.74, 6) is -0.876. The molecule has 13 heteroatoms. The Kier molecular flexibility index (Phi) is 7.12. The SMILES string of the molecule is C[C@@H]1CN(S(=O)(=O)N(Cc2ccc(-c3nnc(C(F)F)o3)cn2)c2cccc(Cl)c2)CCN1C. The third-order valence-electron chi connectivity index (χ3n) is 5.63. The highest BCUT2D eigenvalue weighted by Gasteiger charge is 2.35. The standard InChI is InChI=1S/C21H23ClF2N6O3S/c1-14-12-29(9-8-28(14)2)34(31,32)30(18-5-3-4-16(22)10-18)13-17-7-6-15(11-25-17)20-26-27-21(33-20)19(23)24/h3-7,10-11,14,19H,8-9,12-13H2,1-2H3/t14-/m1/s1. The molecule has 1 aliphatic heterocycles. The van der Waals surface area contributed by atoms with E-state index < -0.39 is 22.5 Å². The number of benzene rings is 1. The highest BCUT2D eigenvalue weighted by molar-refractivity contribution is 7.90. The summed E-state index contributed by atoms with van der Waals surface area (Å²) >= 11 is 6.15. The zero-order valence-electron chi connectivity index (χ0n) is 18.5. The predicted molar refractivity (Wildman–Crippen MR) is 123 cm³/mol.